The van der Waals surface area contributed by atoms with Gasteiger partial charge in [-0.3, -0.25) is 4.18 Å². The van der Waals surface area contributed by atoms with Gasteiger partial charge in [-0.2, -0.15) is 8.42 Å². The van der Waals surface area contributed by atoms with E-state index < -0.39 is 10.1 Å². The monoisotopic (exact) mass is 296 g/mol. The largest absolute Gasteiger partial charge is 0.381 e. The predicted molar refractivity (Wildman–Crippen MR) is 75.8 cm³/mol. The van der Waals surface area contributed by atoms with Crippen LogP contribution in [0.5, 0.6) is 0 Å². The summed E-state index contributed by atoms with van der Waals surface area (Å²) in [6.07, 6.45) is 4.69. The third-order valence-corrected chi connectivity index (χ3v) is 3.75. The van der Waals surface area contributed by atoms with E-state index in [1.165, 1.54) is 0 Å². The Hall–Kier alpha value is -0.170. The van der Waals surface area contributed by atoms with Crippen molar-refractivity contribution < 1.29 is 22.1 Å². The maximum absolute atomic E-state index is 11.0. The fourth-order valence-electron chi connectivity index (χ4n) is 1.29. The van der Waals surface area contributed by atoms with E-state index in [0.29, 0.717) is 19.6 Å². The van der Waals surface area contributed by atoms with Crippen molar-refractivity contribution in [2.75, 3.05) is 38.8 Å². The lowest BCUT2D eigenvalue weighted by Gasteiger charge is -2.06. The van der Waals surface area contributed by atoms with Gasteiger partial charge in [0, 0.05) is 26.4 Å². The van der Waals surface area contributed by atoms with Crippen molar-refractivity contribution in [1.82, 2.24) is 0 Å². The number of hydrogen-bond acceptors (Lipinski definition) is 5. The highest BCUT2D eigenvalue weighted by Gasteiger charge is 2.05. The van der Waals surface area contributed by atoms with Gasteiger partial charge in [-0.05, 0) is 32.6 Å². The van der Waals surface area contributed by atoms with Crippen molar-refractivity contribution in [2.24, 2.45) is 0 Å². The van der Waals surface area contributed by atoms with Crippen LogP contribution in [0.2, 0.25) is 0 Å². The Morgan fingerprint density at radius 2 is 1.26 bits per heavy atom. The van der Waals surface area contributed by atoms with Crippen LogP contribution in [0.15, 0.2) is 0 Å². The van der Waals surface area contributed by atoms with Gasteiger partial charge in [0.2, 0.25) is 0 Å². The van der Waals surface area contributed by atoms with E-state index in [2.05, 4.69) is 6.92 Å². The highest BCUT2D eigenvalue weighted by atomic mass is 32.2. The summed E-state index contributed by atoms with van der Waals surface area (Å²) in [7, 11) is -3.29. The fraction of sp³-hybridized carbons (Fsp3) is 1.00. The van der Waals surface area contributed by atoms with Crippen molar-refractivity contribution in [3.63, 3.8) is 0 Å². The van der Waals surface area contributed by atoms with E-state index >= 15 is 0 Å². The minimum absolute atomic E-state index is 0.0293. The molecule has 0 aliphatic rings. The number of hydrogen-bond donors (Lipinski definition) is 0. The van der Waals surface area contributed by atoms with E-state index in [0.717, 1.165) is 38.9 Å². The van der Waals surface area contributed by atoms with Gasteiger partial charge in [0.15, 0.2) is 0 Å². The molecule has 0 aliphatic heterocycles. The van der Waals surface area contributed by atoms with Gasteiger partial charge in [0.05, 0.1) is 12.4 Å². The molecule has 0 spiro atoms. The first kappa shape index (κ1) is 18.8. The first-order valence-corrected chi connectivity index (χ1v) is 8.72. The van der Waals surface area contributed by atoms with Gasteiger partial charge in [-0.25, -0.2) is 0 Å². The third-order valence-electron chi connectivity index (χ3n) is 2.52. The van der Waals surface area contributed by atoms with Gasteiger partial charge >= 0.3 is 0 Å². The Bertz CT molecular complexity index is 277. The van der Waals surface area contributed by atoms with Crippen molar-refractivity contribution in [3.05, 3.63) is 0 Å². The molecule has 0 amide bonds. The van der Waals surface area contributed by atoms with Crippen LogP contribution in [-0.4, -0.2) is 47.2 Å². The molecule has 6 heteroatoms. The first-order valence-electron chi connectivity index (χ1n) is 7.15. The van der Waals surface area contributed by atoms with Crippen molar-refractivity contribution in [1.29, 1.82) is 0 Å². The van der Waals surface area contributed by atoms with Crippen LogP contribution < -0.4 is 0 Å². The molecule has 19 heavy (non-hydrogen) atoms. The van der Waals surface area contributed by atoms with Gasteiger partial charge in [0.1, 0.15) is 0 Å². The van der Waals surface area contributed by atoms with E-state index in [-0.39, 0.29) is 12.4 Å². The second-order valence-electron chi connectivity index (χ2n) is 4.31. The topological polar surface area (TPSA) is 61.8 Å². The van der Waals surface area contributed by atoms with Crippen LogP contribution in [0.4, 0.5) is 0 Å². The zero-order valence-corrected chi connectivity index (χ0v) is 13.0. The fourth-order valence-corrected chi connectivity index (χ4v) is 1.83. The van der Waals surface area contributed by atoms with Crippen LogP contribution in [0, 0.1) is 0 Å². The minimum Gasteiger partial charge on any atom is -0.381 e. The second-order valence-corrected chi connectivity index (χ2v) is 6.24. The molecule has 0 aliphatic carbocycles. The molecule has 5 nitrogen and oxygen atoms in total. The molecule has 0 unspecified atom stereocenters. The lowest BCUT2D eigenvalue weighted by molar-refractivity contribution is 0.0790. The van der Waals surface area contributed by atoms with Crippen molar-refractivity contribution >= 4 is 10.1 Å². The Balaban J connectivity index is 3.11. The Kier molecular flexibility index (Phi) is 12.7. The lowest BCUT2D eigenvalue weighted by Crippen LogP contribution is -2.10. The SMILES string of the molecule is CCCCOCCCOCCCCOS(=O)(=O)CC. The molecule has 0 rings (SSSR count). The lowest BCUT2D eigenvalue weighted by atomic mass is 10.3. The molecule has 0 radical (unpaired) electrons. The van der Waals surface area contributed by atoms with Gasteiger partial charge in [-0.1, -0.05) is 13.3 Å². The van der Waals surface area contributed by atoms with E-state index in [1.54, 1.807) is 6.92 Å². The van der Waals surface area contributed by atoms with Gasteiger partial charge in [-0.15, -0.1) is 0 Å². The maximum atomic E-state index is 11.0. The van der Waals surface area contributed by atoms with E-state index in [1.807, 2.05) is 0 Å². The molecule has 0 saturated carbocycles. The Morgan fingerprint density at radius 1 is 0.737 bits per heavy atom. The molecule has 0 aromatic carbocycles. The summed E-state index contributed by atoms with van der Waals surface area (Å²) in [6.45, 7) is 6.88. The average molecular weight is 296 g/mol. The quantitative estimate of drug-likeness (QED) is 0.364. The van der Waals surface area contributed by atoms with Crippen LogP contribution in [0.1, 0.15) is 46.0 Å². The molecular weight excluding hydrogens is 268 g/mol. The standard InChI is InChI=1S/C13H28O5S/c1-3-5-9-16-11-8-12-17-10-6-7-13-18-19(14,15)4-2/h3-13H2,1-2H3. The molecule has 0 fully saturated rings. The molecule has 0 saturated heterocycles. The number of ether oxygens (including phenoxy) is 2. The molecule has 0 aromatic heterocycles. The number of rotatable bonds is 14. The minimum atomic E-state index is -3.29. The van der Waals surface area contributed by atoms with Gasteiger partial charge in [0.25, 0.3) is 10.1 Å². The summed E-state index contributed by atoms with van der Waals surface area (Å²) < 4.78 is 37.6. The smallest absolute Gasteiger partial charge is 0.267 e. The summed E-state index contributed by atoms with van der Waals surface area (Å²) in [4.78, 5) is 0. The molecule has 0 atom stereocenters. The van der Waals surface area contributed by atoms with Crippen LogP contribution in [-0.2, 0) is 23.8 Å². The molecule has 0 heterocycles. The van der Waals surface area contributed by atoms with Gasteiger partial charge < -0.3 is 9.47 Å². The van der Waals surface area contributed by atoms with E-state index in [9.17, 15) is 8.42 Å². The Labute approximate surface area is 117 Å². The second kappa shape index (κ2) is 12.8. The van der Waals surface area contributed by atoms with Crippen LogP contribution >= 0.6 is 0 Å². The Morgan fingerprint density at radius 3 is 1.84 bits per heavy atom. The van der Waals surface area contributed by atoms with Crippen molar-refractivity contribution in [3.8, 4) is 0 Å². The summed E-state index contributed by atoms with van der Waals surface area (Å²) in [5, 5.41) is 0. The normalized spacial score (nSPS) is 11.9. The predicted octanol–water partition coefficient (Wildman–Crippen LogP) is 2.36. The zero-order valence-electron chi connectivity index (χ0n) is 12.2. The highest BCUT2D eigenvalue weighted by molar-refractivity contribution is 7.86. The molecule has 0 bridgehead atoms. The summed E-state index contributed by atoms with van der Waals surface area (Å²) >= 11 is 0. The highest BCUT2D eigenvalue weighted by Crippen LogP contribution is 1.98. The van der Waals surface area contributed by atoms with Crippen LogP contribution in [0.25, 0.3) is 0 Å². The first-order chi connectivity index (χ1) is 9.12. The number of unbranched alkanes of at least 4 members (excludes halogenated alkanes) is 2. The summed E-state index contributed by atoms with van der Waals surface area (Å²) in [6, 6.07) is 0. The van der Waals surface area contributed by atoms with Crippen molar-refractivity contribution in [2.45, 2.75) is 46.0 Å². The van der Waals surface area contributed by atoms with Crippen LogP contribution in [0.3, 0.4) is 0 Å². The molecular formula is C13H28O5S. The van der Waals surface area contributed by atoms with E-state index in [4.69, 9.17) is 13.7 Å². The summed E-state index contributed by atoms with van der Waals surface area (Å²) in [5.74, 6) is 0.0293. The molecule has 116 valence electrons. The zero-order chi connectivity index (χ0) is 14.4. The average Bonchev–Trinajstić information content (AvgIpc) is 2.40. The summed E-state index contributed by atoms with van der Waals surface area (Å²) in [5.41, 5.74) is 0. The maximum Gasteiger partial charge on any atom is 0.267 e. The third kappa shape index (κ3) is 14.1. The molecule has 0 N–H and O–H groups in total. The molecule has 0 aromatic rings.